The van der Waals surface area contributed by atoms with Crippen molar-refractivity contribution in [3.63, 3.8) is 0 Å². The third-order valence-electron chi connectivity index (χ3n) is 17.0. The second-order valence-corrected chi connectivity index (χ2v) is 29.9. The second kappa shape index (κ2) is 75.2. The molecule has 5 unspecified atom stereocenters. The van der Waals surface area contributed by atoms with Gasteiger partial charge in [0, 0.05) is 25.7 Å². The number of aliphatic hydroxyl groups excluding tert-OH is 1. The smallest absolute Gasteiger partial charge is 0.462 e. The van der Waals surface area contributed by atoms with Gasteiger partial charge in [0.05, 0.1) is 26.4 Å². The van der Waals surface area contributed by atoms with E-state index >= 15 is 0 Å². The van der Waals surface area contributed by atoms with E-state index in [-0.39, 0.29) is 25.7 Å². The molecular formula is C83H146O17P2. The third-order valence-corrected chi connectivity index (χ3v) is 18.9. The van der Waals surface area contributed by atoms with Crippen molar-refractivity contribution in [2.24, 2.45) is 0 Å². The lowest BCUT2D eigenvalue weighted by molar-refractivity contribution is -0.161. The molecule has 5 atom stereocenters. The Bertz CT molecular complexity index is 2310. The number of esters is 4. The zero-order chi connectivity index (χ0) is 74.6. The molecule has 0 heterocycles. The summed E-state index contributed by atoms with van der Waals surface area (Å²) in [6.45, 7) is 4.71. The van der Waals surface area contributed by atoms with Crippen LogP contribution in [0.2, 0.25) is 0 Å². The maximum absolute atomic E-state index is 13.1. The lowest BCUT2D eigenvalue weighted by atomic mass is 10.0. The van der Waals surface area contributed by atoms with Gasteiger partial charge < -0.3 is 33.8 Å². The summed E-state index contributed by atoms with van der Waals surface area (Å²) < 4.78 is 68.6. The number of rotatable bonds is 76. The number of unbranched alkanes of at least 4 members (excludes halogenated alkanes) is 34. The lowest BCUT2D eigenvalue weighted by Gasteiger charge is -2.21. The fraction of sp³-hybridized carbons (Fsp3) is 0.759. The van der Waals surface area contributed by atoms with Gasteiger partial charge in [0.25, 0.3) is 0 Å². The van der Waals surface area contributed by atoms with E-state index in [1.807, 2.05) is 0 Å². The Kier molecular flexibility index (Phi) is 72.3. The first kappa shape index (κ1) is 98.0. The lowest BCUT2D eigenvalue weighted by Crippen LogP contribution is -2.30. The molecule has 0 aliphatic carbocycles. The number of carbonyl (C=O) groups is 4. The van der Waals surface area contributed by atoms with Crippen molar-refractivity contribution < 1.29 is 80.2 Å². The number of phosphoric ester groups is 2. The summed E-state index contributed by atoms with van der Waals surface area (Å²) >= 11 is 0. The van der Waals surface area contributed by atoms with Crippen LogP contribution >= 0.6 is 15.6 Å². The fourth-order valence-electron chi connectivity index (χ4n) is 10.9. The topological polar surface area (TPSA) is 237 Å². The van der Waals surface area contributed by atoms with Crippen LogP contribution in [0.4, 0.5) is 0 Å². The molecule has 590 valence electrons. The maximum atomic E-state index is 13.1. The van der Waals surface area contributed by atoms with Crippen molar-refractivity contribution in [1.29, 1.82) is 0 Å². The Balaban J connectivity index is 5.35. The minimum atomic E-state index is -4.98. The van der Waals surface area contributed by atoms with Gasteiger partial charge in [-0.2, -0.15) is 0 Å². The quantitative estimate of drug-likeness (QED) is 0.0169. The minimum absolute atomic E-state index is 0.0754. The average Bonchev–Trinajstić information content (AvgIpc) is 0.919. The molecule has 19 heteroatoms. The third kappa shape index (κ3) is 74.3. The van der Waals surface area contributed by atoms with E-state index in [1.54, 1.807) is 0 Å². The number of ether oxygens (including phenoxy) is 4. The molecular weight excluding hydrogens is 1330 g/mol. The van der Waals surface area contributed by atoms with Gasteiger partial charge in [-0.1, -0.05) is 292 Å². The predicted molar refractivity (Wildman–Crippen MR) is 418 cm³/mol. The largest absolute Gasteiger partial charge is 0.472 e. The van der Waals surface area contributed by atoms with Gasteiger partial charge in [-0.3, -0.25) is 37.3 Å². The molecule has 102 heavy (non-hydrogen) atoms. The molecule has 0 aromatic carbocycles. The highest BCUT2D eigenvalue weighted by molar-refractivity contribution is 7.47. The van der Waals surface area contributed by atoms with Crippen molar-refractivity contribution in [2.45, 2.75) is 367 Å². The van der Waals surface area contributed by atoms with Crippen molar-refractivity contribution in [2.75, 3.05) is 39.6 Å². The van der Waals surface area contributed by atoms with Crippen LogP contribution in [-0.4, -0.2) is 96.7 Å². The van der Waals surface area contributed by atoms with Crippen LogP contribution in [-0.2, 0) is 65.4 Å². The Hall–Kier alpha value is -4.02. The van der Waals surface area contributed by atoms with E-state index in [4.69, 9.17) is 37.0 Å². The number of hydrogen-bond acceptors (Lipinski definition) is 15. The maximum Gasteiger partial charge on any atom is 0.472 e. The normalized spacial score (nSPS) is 14.4. The fourth-order valence-corrected chi connectivity index (χ4v) is 12.4. The Morgan fingerprint density at radius 3 is 0.804 bits per heavy atom. The van der Waals surface area contributed by atoms with E-state index in [0.717, 1.165) is 180 Å². The van der Waals surface area contributed by atoms with Gasteiger partial charge >= 0.3 is 39.5 Å². The van der Waals surface area contributed by atoms with E-state index in [9.17, 15) is 43.2 Å². The molecule has 0 aliphatic rings. The van der Waals surface area contributed by atoms with Crippen LogP contribution in [0.5, 0.6) is 0 Å². The minimum Gasteiger partial charge on any atom is -0.462 e. The van der Waals surface area contributed by atoms with Crippen LogP contribution in [0.3, 0.4) is 0 Å². The van der Waals surface area contributed by atoms with Gasteiger partial charge in [0.2, 0.25) is 0 Å². The van der Waals surface area contributed by atoms with Crippen molar-refractivity contribution in [3.8, 4) is 0 Å². The molecule has 0 saturated carbocycles. The molecule has 0 spiro atoms. The molecule has 0 aliphatic heterocycles. The van der Waals surface area contributed by atoms with Gasteiger partial charge in [0.1, 0.15) is 19.3 Å². The van der Waals surface area contributed by atoms with Crippen LogP contribution in [0, 0.1) is 0 Å². The van der Waals surface area contributed by atoms with E-state index in [1.165, 1.54) is 89.9 Å². The Morgan fingerprint density at radius 1 is 0.284 bits per heavy atom. The standard InChI is InChI=1S/C83H146O17P2/c1-5-9-13-17-21-25-29-33-36-37-38-39-42-45-48-52-56-60-64-68-81(86)94-73-78(99-82(87)69-65-61-57-53-49-43-32-28-24-20-16-12-8-4)75-97-101(89,90)95-71-77(84)72-96-102(91,92)98-76-79(100-83(88)70-66-62-58-54-50-46-41-35-31-27-23-19-15-11-7-3)74-93-80(85)67-63-59-55-51-47-44-40-34-30-26-22-18-14-10-6-2/h10,14,21-23,25-27,33-36,38-41,77-79,84H,5-9,11-13,15-20,24,28-32,37,42-76H2,1-4H3,(H,89,90)(H,91,92)/b14-10-,25-21-,26-22-,27-23-,36-33-,39-38-,40-34-,41-35-. The van der Waals surface area contributed by atoms with Crippen LogP contribution in [0.1, 0.15) is 349 Å². The molecule has 0 rings (SSSR count). The van der Waals surface area contributed by atoms with Gasteiger partial charge in [0.15, 0.2) is 12.2 Å². The summed E-state index contributed by atoms with van der Waals surface area (Å²) in [5, 5.41) is 10.6. The molecule has 3 N–H and O–H groups in total. The van der Waals surface area contributed by atoms with Crippen molar-refractivity contribution >= 4 is 39.5 Å². The molecule has 0 radical (unpaired) electrons. The van der Waals surface area contributed by atoms with E-state index in [2.05, 4.69) is 125 Å². The highest BCUT2D eigenvalue weighted by atomic mass is 31.2. The summed E-state index contributed by atoms with van der Waals surface area (Å²) in [7, 11) is -9.96. The zero-order valence-electron chi connectivity index (χ0n) is 64.5. The summed E-state index contributed by atoms with van der Waals surface area (Å²) in [5.41, 5.74) is 0. The van der Waals surface area contributed by atoms with Crippen LogP contribution in [0.25, 0.3) is 0 Å². The SMILES string of the molecule is CC/C=C\C/C=C\C/C=C\CCCCCCCC(=O)OCC(COP(=O)(O)OCC(O)COP(=O)(O)OCC(COC(=O)CCCCCCCC/C=C\C/C=C\C/C=C\CCCCC)OC(=O)CCCCCCCCCCCCCCC)OC(=O)CCCCCCC/C=C\C/C=C\CCCCC. The summed E-state index contributed by atoms with van der Waals surface area (Å²) in [5.74, 6) is -2.20. The van der Waals surface area contributed by atoms with Crippen LogP contribution in [0.15, 0.2) is 97.2 Å². The van der Waals surface area contributed by atoms with Crippen LogP contribution < -0.4 is 0 Å². The Labute approximate surface area is 620 Å². The number of phosphoric acid groups is 2. The molecule has 0 saturated heterocycles. The van der Waals surface area contributed by atoms with E-state index in [0.29, 0.717) is 25.7 Å². The summed E-state index contributed by atoms with van der Waals surface area (Å²) in [4.78, 5) is 73.0. The number of hydrogen-bond donors (Lipinski definition) is 3. The van der Waals surface area contributed by atoms with Gasteiger partial charge in [-0.25, -0.2) is 9.13 Å². The first-order chi connectivity index (χ1) is 49.7. The average molecular weight is 1480 g/mol. The predicted octanol–water partition coefficient (Wildman–Crippen LogP) is 23.6. The Morgan fingerprint density at radius 2 is 0.510 bits per heavy atom. The zero-order valence-corrected chi connectivity index (χ0v) is 66.3. The summed E-state index contributed by atoms with van der Waals surface area (Å²) in [6.07, 6.45) is 79.5. The molecule has 0 fully saturated rings. The molecule has 0 aromatic rings. The first-order valence-corrected chi connectivity index (χ1v) is 43.5. The molecule has 0 bridgehead atoms. The monoisotopic (exact) mass is 1480 g/mol. The highest BCUT2D eigenvalue weighted by Crippen LogP contribution is 2.45. The molecule has 0 aromatic heterocycles. The first-order valence-electron chi connectivity index (χ1n) is 40.5. The number of aliphatic hydroxyl groups is 1. The molecule has 17 nitrogen and oxygen atoms in total. The van der Waals surface area contributed by atoms with E-state index < -0.39 is 97.5 Å². The van der Waals surface area contributed by atoms with Gasteiger partial charge in [-0.05, 0) is 128 Å². The number of carbonyl (C=O) groups excluding carboxylic acids is 4. The highest BCUT2D eigenvalue weighted by Gasteiger charge is 2.30. The number of allylic oxidation sites excluding steroid dienone is 16. The molecule has 0 amide bonds. The second-order valence-electron chi connectivity index (χ2n) is 27.0. The van der Waals surface area contributed by atoms with Gasteiger partial charge in [-0.15, -0.1) is 0 Å². The summed E-state index contributed by atoms with van der Waals surface area (Å²) in [6, 6.07) is 0. The van der Waals surface area contributed by atoms with Crippen molar-refractivity contribution in [3.05, 3.63) is 97.2 Å². The van der Waals surface area contributed by atoms with Crippen molar-refractivity contribution in [1.82, 2.24) is 0 Å².